The second-order valence-electron chi connectivity index (χ2n) is 8.08. The smallest absolute Gasteiger partial charge is 0.0958 e. The van der Waals surface area contributed by atoms with Gasteiger partial charge in [-0.3, -0.25) is 10.4 Å². The van der Waals surface area contributed by atoms with Crippen molar-refractivity contribution < 1.29 is 0 Å². The Morgan fingerprint density at radius 2 is 1.33 bits per heavy atom. The van der Waals surface area contributed by atoms with Gasteiger partial charge in [-0.1, -0.05) is 93.6 Å². The molecule has 0 radical (unpaired) electrons. The lowest BCUT2D eigenvalue weighted by Crippen LogP contribution is -2.33. The Hall–Kier alpha value is -3.00. The van der Waals surface area contributed by atoms with E-state index in [2.05, 4.69) is 122 Å². The number of nitrogens with zero attached hydrogens (tertiary/aromatic N) is 1. The minimum absolute atomic E-state index is 0.150. The molecular formula is C25H26N2. The number of rotatable bonds is 3. The Morgan fingerprint density at radius 1 is 0.741 bits per heavy atom. The van der Waals surface area contributed by atoms with Crippen molar-refractivity contribution in [3.63, 3.8) is 0 Å². The van der Waals surface area contributed by atoms with Gasteiger partial charge in [-0.15, -0.1) is 0 Å². The predicted octanol–water partition coefficient (Wildman–Crippen LogP) is 6.09. The fraction of sp³-hybridized carbons (Fsp3) is 0.200. The van der Waals surface area contributed by atoms with E-state index in [0.29, 0.717) is 0 Å². The van der Waals surface area contributed by atoms with E-state index in [1.807, 2.05) is 0 Å². The molecule has 27 heavy (non-hydrogen) atoms. The first-order chi connectivity index (χ1) is 13.0. The first kappa shape index (κ1) is 17.4. The monoisotopic (exact) mass is 354 g/mol. The van der Waals surface area contributed by atoms with Gasteiger partial charge in [0, 0.05) is 0 Å². The van der Waals surface area contributed by atoms with Crippen LogP contribution in [0.5, 0.6) is 0 Å². The van der Waals surface area contributed by atoms with Crippen LogP contribution in [0.3, 0.4) is 0 Å². The molecule has 0 amide bonds. The molecule has 0 fully saturated rings. The van der Waals surface area contributed by atoms with E-state index < -0.39 is 0 Å². The van der Waals surface area contributed by atoms with Crippen LogP contribution in [0.4, 0.5) is 5.69 Å². The number of hydrazine groups is 1. The van der Waals surface area contributed by atoms with Gasteiger partial charge < -0.3 is 0 Å². The van der Waals surface area contributed by atoms with E-state index in [-0.39, 0.29) is 11.5 Å². The van der Waals surface area contributed by atoms with Crippen LogP contribution in [0.25, 0.3) is 5.70 Å². The Balaban J connectivity index is 1.72. The van der Waals surface area contributed by atoms with Gasteiger partial charge in [0.25, 0.3) is 0 Å². The highest BCUT2D eigenvalue weighted by Crippen LogP contribution is 2.35. The topological polar surface area (TPSA) is 15.3 Å². The van der Waals surface area contributed by atoms with E-state index in [4.69, 9.17) is 0 Å². The molecule has 0 bridgehead atoms. The van der Waals surface area contributed by atoms with Crippen molar-refractivity contribution in [2.24, 2.45) is 0 Å². The summed E-state index contributed by atoms with van der Waals surface area (Å²) in [6.07, 6.45) is 2.31. The molecule has 1 heterocycles. The number of nitrogens with one attached hydrogen (secondary N) is 1. The van der Waals surface area contributed by atoms with Crippen LogP contribution in [0, 0.1) is 0 Å². The number of anilines is 1. The zero-order valence-corrected chi connectivity index (χ0v) is 16.2. The third kappa shape index (κ3) is 3.61. The summed E-state index contributed by atoms with van der Waals surface area (Å²) in [7, 11) is 0. The molecule has 1 atom stereocenters. The molecule has 1 N–H and O–H groups in total. The lowest BCUT2D eigenvalue weighted by atomic mass is 9.86. The number of benzene rings is 3. The summed E-state index contributed by atoms with van der Waals surface area (Å²) in [5.41, 5.74) is 9.92. The predicted molar refractivity (Wildman–Crippen MR) is 114 cm³/mol. The maximum Gasteiger partial charge on any atom is 0.0958 e. The molecule has 2 nitrogen and oxygen atoms in total. The summed E-state index contributed by atoms with van der Waals surface area (Å²) in [5, 5.41) is 2.24. The normalized spacial score (nSPS) is 16.8. The highest BCUT2D eigenvalue weighted by molar-refractivity contribution is 5.72. The van der Waals surface area contributed by atoms with E-state index >= 15 is 0 Å². The third-order valence-corrected chi connectivity index (χ3v) is 5.08. The summed E-state index contributed by atoms with van der Waals surface area (Å²) in [6.45, 7) is 6.76. The number of para-hydroxylation sites is 1. The van der Waals surface area contributed by atoms with Gasteiger partial charge in [-0.05, 0) is 40.3 Å². The average Bonchev–Trinajstić information content (AvgIpc) is 3.14. The minimum Gasteiger partial charge on any atom is -0.297 e. The van der Waals surface area contributed by atoms with Crippen molar-refractivity contribution in [3.8, 4) is 0 Å². The van der Waals surface area contributed by atoms with Crippen molar-refractivity contribution in [2.75, 3.05) is 5.01 Å². The van der Waals surface area contributed by atoms with Gasteiger partial charge in [0.1, 0.15) is 0 Å². The van der Waals surface area contributed by atoms with E-state index in [1.54, 1.807) is 0 Å². The fourth-order valence-corrected chi connectivity index (χ4v) is 3.49. The second-order valence-corrected chi connectivity index (χ2v) is 8.08. The molecule has 0 aliphatic carbocycles. The van der Waals surface area contributed by atoms with Crippen molar-refractivity contribution in [1.82, 2.24) is 5.43 Å². The Kier molecular flexibility index (Phi) is 4.49. The molecule has 2 heteroatoms. The van der Waals surface area contributed by atoms with Crippen LogP contribution in [0.2, 0.25) is 0 Å². The SMILES string of the molecule is CC(C)(C)c1ccc(C2C=C(c3ccccc3)NN2c2ccccc2)cc1. The zero-order valence-electron chi connectivity index (χ0n) is 16.2. The molecule has 136 valence electrons. The first-order valence-corrected chi connectivity index (χ1v) is 9.51. The standard InChI is InChI=1S/C25H26N2/c1-25(2,3)21-16-14-20(15-17-21)24-18-23(19-10-6-4-7-11-19)26-27(24)22-12-8-5-9-13-22/h4-18,24,26H,1-3H3. The average molecular weight is 354 g/mol. The Bertz CT molecular complexity index is 920. The quantitative estimate of drug-likeness (QED) is 0.612. The maximum atomic E-state index is 3.61. The molecule has 0 saturated heterocycles. The zero-order chi connectivity index (χ0) is 18.9. The van der Waals surface area contributed by atoms with E-state index in [0.717, 1.165) is 11.4 Å². The molecule has 4 rings (SSSR count). The van der Waals surface area contributed by atoms with Gasteiger partial charge in [0.15, 0.2) is 0 Å². The lowest BCUT2D eigenvalue weighted by molar-refractivity contribution is 0.589. The molecule has 3 aromatic rings. The van der Waals surface area contributed by atoms with Gasteiger partial charge in [0.05, 0.1) is 17.4 Å². The molecule has 0 aromatic heterocycles. The van der Waals surface area contributed by atoms with Gasteiger partial charge in [-0.25, -0.2) is 0 Å². The summed E-state index contributed by atoms with van der Waals surface area (Å²) in [4.78, 5) is 0. The van der Waals surface area contributed by atoms with Crippen LogP contribution < -0.4 is 10.4 Å². The summed E-state index contributed by atoms with van der Waals surface area (Å²) in [6, 6.07) is 30.2. The largest absolute Gasteiger partial charge is 0.297 e. The molecule has 0 saturated carbocycles. The summed E-state index contributed by atoms with van der Waals surface area (Å²) < 4.78 is 0. The molecule has 1 aliphatic heterocycles. The highest BCUT2D eigenvalue weighted by atomic mass is 15.5. The van der Waals surface area contributed by atoms with Crippen LogP contribution in [0.1, 0.15) is 43.5 Å². The minimum atomic E-state index is 0.150. The van der Waals surface area contributed by atoms with Crippen LogP contribution >= 0.6 is 0 Å². The molecular weight excluding hydrogens is 328 g/mol. The Morgan fingerprint density at radius 3 is 1.93 bits per heavy atom. The molecule has 0 spiro atoms. The van der Waals surface area contributed by atoms with Gasteiger partial charge in [-0.2, -0.15) is 0 Å². The molecule has 1 unspecified atom stereocenters. The molecule has 1 aliphatic rings. The van der Waals surface area contributed by atoms with Crippen molar-refractivity contribution in [3.05, 3.63) is 108 Å². The van der Waals surface area contributed by atoms with Gasteiger partial charge in [0.2, 0.25) is 0 Å². The van der Waals surface area contributed by atoms with Crippen LogP contribution in [-0.4, -0.2) is 0 Å². The summed E-state index contributed by atoms with van der Waals surface area (Å²) in [5.74, 6) is 0. The lowest BCUT2D eigenvalue weighted by Gasteiger charge is -2.28. The van der Waals surface area contributed by atoms with Crippen molar-refractivity contribution in [1.29, 1.82) is 0 Å². The molecule has 3 aromatic carbocycles. The first-order valence-electron chi connectivity index (χ1n) is 9.51. The second kappa shape index (κ2) is 6.96. The van der Waals surface area contributed by atoms with Crippen molar-refractivity contribution >= 4 is 11.4 Å². The Labute approximate surface area is 162 Å². The number of hydrogen-bond donors (Lipinski definition) is 1. The van der Waals surface area contributed by atoms with Gasteiger partial charge >= 0.3 is 0 Å². The summed E-state index contributed by atoms with van der Waals surface area (Å²) >= 11 is 0. The van der Waals surface area contributed by atoms with E-state index in [1.165, 1.54) is 16.7 Å². The van der Waals surface area contributed by atoms with Crippen LogP contribution in [0.15, 0.2) is 91.0 Å². The fourth-order valence-electron chi connectivity index (χ4n) is 3.49. The maximum absolute atomic E-state index is 3.61. The van der Waals surface area contributed by atoms with Crippen molar-refractivity contribution in [2.45, 2.75) is 32.2 Å². The number of hydrogen-bond acceptors (Lipinski definition) is 2. The van der Waals surface area contributed by atoms with Crippen LogP contribution in [-0.2, 0) is 5.41 Å². The highest BCUT2D eigenvalue weighted by Gasteiger charge is 2.27. The third-order valence-electron chi connectivity index (χ3n) is 5.08. The van der Waals surface area contributed by atoms with E-state index in [9.17, 15) is 0 Å².